The first-order valence-electron chi connectivity index (χ1n) is 11.1. The van der Waals surface area contributed by atoms with Gasteiger partial charge in [0, 0.05) is 0 Å². The third-order valence-corrected chi connectivity index (χ3v) is 13.5. The normalized spacial score (nSPS) is 12.7. The molecule has 4 aromatic rings. The van der Waals surface area contributed by atoms with E-state index in [2.05, 4.69) is 125 Å². The Balaban J connectivity index is 2.28. The van der Waals surface area contributed by atoms with Crippen molar-refractivity contribution in [2.24, 2.45) is 0 Å². The van der Waals surface area contributed by atoms with E-state index in [9.17, 15) is 4.79 Å². The van der Waals surface area contributed by atoms with Crippen molar-refractivity contribution in [2.45, 2.75) is 27.7 Å². The average Bonchev–Trinajstić information content (AvgIpc) is 2.80. The van der Waals surface area contributed by atoms with Gasteiger partial charge in [-0.3, -0.25) is 0 Å². The van der Waals surface area contributed by atoms with Crippen LogP contribution in [-0.2, 0) is 4.79 Å². The van der Waals surface area contributed by atoms with E-state index in [0.717, 1.165) is 6.29 Å². The van der Waals surface area contributed by atoms with Crippen LogP contribution in [0.2, 0.25) is 0 Å². The van der Waals surface area contributed by atoms with Gasteiger partial charge >= 0.3 is 192 Å². The summed E-state index contributed by atoms with van der Waals surface area (Å²) < 4.78 is 0. The molecule has 0 unspecified atom stereocenters. The van der Waals surface area contributed by atoms with Gasteiger partial charge in [-0.1, -0.05) is 0 Å². The summed E-state index contributed by atoms with van der Waals surface area (Å²) in [7, 11) is 0. The molecule has 4 rings (SSSR count). The zero-order valence-corrected chi connectivity index (χ0v) is 20.3. The molecule has 0 aliphatic carbocycles. The van der Waals surface area contributed by atoms with Gasteiger partial charge in [-0.2, -0.15) is 0 Å². The SMILES string of the molecule is Cc1ccc(P(CC=O)(c2ccc(C)cc2)(c2ccc(C)cc2)c2ccc(C)cc2)cc1. The maximum atomic E-state index is 12.6. The van der Waals surface area contributed by atoms with Crippen LogP contribution in [-0.4, -0.2) is 12.4 Å². The molecule has 0 spiro atoms. The third-order valence-electron chi connectivity index (χ3n) is 6.86. The number of hydrogen-bond acceptors (Lipinski definition) is 1. The molecular formula is C30H31OP. The van der Waals surface area contributed by atoms with Crippen LogP contribution < -0.4 is 21.2 Å². The number of aryl methyl sites for hydroxylation is 4. The van der Waals surface area contributed by atoms with Crippen LogP contribution >= 0.6 is 6.60 Å². The van der Waals surface area contributed by atoms with Crippen molar-refractivity contribution >= 4 is 34.1 Å². The summed E-state index contributed by atoms with van der Waals surface area (Å²) in [6.45, 7) is 5.12. The number of benzene rings is 4. The van der Waals surface area contributed by atoms with Gasteiger partial charge in [0.1, 0.15) is 0 Å². The Morgan fingerprint density at radius 1 is 0.469 bits per heavy atom. The molecule has 0 saturated heterocycles. The minimum absolute atomic E-state index is 0.434. The Morgan fingerprint density at radius 3 is 0.875 bits per heavy atom. The molecule has 0 N–H and O–H groups in total. The Bertz CT molecular complexity index is 1020. The predicted molar refractivity (Wildman–Crippen MR) is 141 cm³/mol. The maximum absolute atomic E-state index is 12.6. The molecule has 162 valence electrons. The molecule has 4 aromatic carbocycles. The topological polar surface area (TPSA) is 17.1 Å². The number of carbonyl (C=O) groups is 1. The fourth-order valence-electron chi connectivity index (χ4n) is 4.96. The van der Waals surface area contributed by atoms with Gasteiger partial charge in [-0.05, 0) is 0 Å². The molecule has 0 aromatic heterocycles. The van der Waals surface area contributed by atoms with Crippen molar-refractivity contribution in [3.05, 3.63) is 119 Å². The minimum atomic E-state index is -3.34. The van der Waals surface area contributed by atoms with Crippen LogP contribution in [0.1, 0.15) is 22.3 Å². The van der Waals surface area contributed by atoms with E-state index in [1.54, 1.807) is 0 Å². The van der Waals surface area contributed by atoms with E-state index in [-0.39, 0.29) is 0 Å². The van der Waals surface area contributed by atoms with Crippen molar-refractivity contribution < 1.29 is 4.79 Å². The van der Waals surface area contributed by atoms with Crippen LogP contribution in [0, 0.1) is 27.7 Å². The second-order valence-corrected chi connectivity index (χ2v) is 14.0. The van der Waals surface area contributed by atoms with Gasteiger partial charge in [0.2, 0.25) is 0 Å². The summed E-state index contributed by atoms with van der Waals surface area (Å²) >= 11 is 0. The Morgan fingerprint density at radius 2 is 0.688 bits per heavy atom. The standard InChI is InChI=1S/C30H31OP/c1-23-5-13-27(14-6-23)32(22-21-31,28-15-7-24(2)8-16-28,29-17-9-25(3)10-18-29)30-19-11-26(4)12-20-30/h5-21H,22H2,1-4H3. The van der Waals surface area contributed by atoms with Gasteiger partial charge in [0.15, 0.2) is 0 Å². The van der Waals surface area contributed by atoms with Gasteiger partial charge in [0.05, 0.1) is 0 Å². The summed E-state index contributed by atoms with van der Waals surface area (Å²) in [5, 5.41) is 4.91. The van der Waals surface area contributed by atoms with E-state index in [4.69, 9.17) is 0 Å². The molecule has 0 saturated carbocycles. The van der Waals surface area contributed by atoms with Gasteiger partial charge in [-0.15, -0.1) is 0 Å². The molecule has 0 amide bonds. The monoisotopic (exact) mass is 438 g/mol. The van der Waals surface area contributed by atoms with Gasteiger partial charge in [0.25, 0.3) is 0 Å². The molecule has 0 heterocycles. The first kappa shape index (κ1) is 22.2. The summed E-state index contributed by atoms with van der Waals surface area (Å²) in [4.78, 5) is 12.6. The molecule has 0 atom stereocenters. The fourth-order valence-corrected chi connectivity index (χ4v) is 11.1. The quantitative estimate of drug-likeness (QED) is 0.296. The molecule has 0 fully saturated rings. The molecule has 0 bridgehead atoms. The van der Waals surface area contributed by atoms with Crippen molar-refractivity contribution in [1.29, 1.82) is 0 Å². The third kappa shape index (κ3) is 3.33. The van der Waals surface area contributed by atoms with Crippen LogP contribution in [0.15, 0.2) is 97.1 Å². The van der Waals surface area contributed by atoms with Crippen LogP contribution in [0.25, 0.3) is 0 Å². The predicted octanol–water partition coefficient (Wildman–Crippen LogP) is 5.27. The summed E-state index contributed by atoms with van der Waals surface area (Å²) in [5.41, 5.74) is 4.86. The first-order valence-corrected chi connectivity index (χ1v) is 13.6. The van der Waals surface area contributed by atoms with Crippen LogP contribution in [0.5, 0.6) is 0 Å². The molecule has 1 nitrogen and oxygen atoms in total. The Kier molecular flexibility index (Phi) is 5.89. The van der Waals surface area contributed by atoms with Crippen molar-refractivity contribution in [1.82, 2.24) is 0 Å². The van der Waals surface area contributed by atoms with E-state index < -0.39 is 6.60 Å². The summed E-state index contributed by atoms with van der Waals surface area (Å²) in [5.74, 6) is 0. The van der Waals surface area contributed by atoms with Crippen molar-refractivity contribution in [3.8, 4) is 0 Å². The van der Waals surface area contributed by atoms with E-state index in [1.165, 1.54) is 43.5 Å². The molecular weight excluding hydrogens is 407 g/mol. The number of aldehydes is 1. The van der Waals surface area contributed by atoms with E-state index in [0.29, 0.717) is 6.16 Å². The van der Waals surface area contributed by atoms with Crippen LogP contribution in [0.3, 0.4) is 0 Å². The fraction of sp³-hybridized carbons (Fsp3) is 0.167. The van der Waals surface area contributed by atoms with Gasteiger partial charge in [-0.25, -0.2) is 0 Å². The number of carbonyl (C=O) groups excluding carboxylic acids is 1. The molecule has 0 radical (unpaired) electrons. The first-order chi connectivity index (χ1) is 15.4. The Labute approximate surface area is 192 Å². The number of hydrogen-bond donors (Lipinski definition) is 0. The molecule has 32 heavy (non-hydrogen) atoms. The second kappa shape index (κ2) is 8.49. The van der Waals surface area contributed by atoms with E-state index in [1.807, 2.05) is 0 Å². The van der Waals surface area contributed by atoms with Crippen LogP contribution in [0.4, 0.5) is 0 Å². The average molecular weight is 439 g/mol. The molecule has 0 aliphatic rings. The zero-order chi connectivity index (χ0) is 22.8. The van der Waals surface area contributed by atoms with Crippen molar-refractivity contribution in [3.63, 3.8) is 0 Å². The summed E-state index contributed by atoms with van der Waals surface area (Å²) in [6, 6.07) is 35.4. The zero-order valence-electron chi connectivity index (χ0n) is 19.4. The molecule has 0 aliphatic heterocycles. The number of rotatable bonds is 6. The summed E-state index contributed by atoms with van der Waals surface area (Å²) in [6.07, 6.45) is 1.57. The molecule has 2 heteroatoms. The van der Waals surface area contributed by atoms with E-state index >= 15 is 0 Å². The second-order valence-electron chi connectivity index (χ2n) is 8.99. The van der Waals surface area contributed by atoms with Gasteiger partial charge < -0.3 is 0 Å². The van der Waals surface area contributed by atoms with Crippen molar-refractivity contribution in [2.75, 3.05) is 6.16 Å². The Hall–Kier alpha value is -3.02.